The molecular formula is C102H62O2. The smallest absolute Gasteiger partial charge is 0.143 e. The highest BCUT2D eigenvalue weighted by Gasteiger charge is 2.26. The van der Waals surface area contributed by atoms with E-state index in [0.717, 1.165) is 60.6 Å². The van der Waals surface area contributed by atoms with Crippen molar-refractivity contribution in [2.24, 2.45) is 0 Å². The maximum atomic E-state index is 6.93. The third kappa shape index (κ3) is 9.43. The van der Waals surface area contributed by atoms with Crippen LogP contribution in [0.4, 0.5) is 0 Å². The van der Waals surface area contributed by atoms with Gasteiger partial charge in [0.15, 0.2) is 0 Å². The van der Waals surface area contributed by atoms with Crippen LogP contribution < -0.4 is 0 Å². The summed E-state index contributed by atoms with van der Waals surface area (Å²) < 4.78 is 13.6. The van der Waals surface area contributed by atoms with Gasteiger partial charge in [0.1, 0.15) is 22.3 Å². The van der Waals surface area contributed by atoms with Gasteiger partial charge in [-0.25, -0.2) is 0 Å². The minimum Gasteiger partial charge on any atom is -0.456 e. The quantitative estimate of drug-likeness (QED) is 0.117. The van der Waals surface area contributed by atoms with Crippen molar-refractivity contribution >= 4 is 141 Å². The minimum absolute atomic E-state index is 0.893. The lowest BCUT2D eigenvalue weighted by Crippen LogP contribution is -1.92. The van der Waals surface area contributed by atoms with Gasteiger partial charge in [-0.3, -0.25) is 0 Å². The predicted octanol–water partition coefficient (Wildman–Crippen LogP) is 29.2. The fraction of sp³-hybridized carbons (Fsp3) is 0. The van der Waals surface area contributed by atoms with E-state index in [0.29, 0.717) is 0 Å². The van der Waals surface area contributed by atoms with Gasteiger partial charge < -0.3 is 8.83 Å². The van der Waals surface area contributed by atoms with Crippen LogP contribution in [-0.4, -0.2) is 0 Å². The fourth-order valence-corrected chi connectivity index (χ4v) is 17.3. The summed E-state index contributed by atoms with van der Waals surface area (Å²) in [5.74, 6) is 0. The van der Waals surface area contributed by atoms with Gasteiger partial charge in [0.2, 0.25) is 0 Å². The number of hydrogen-bond acceptors (Lipinski definition) is 2. The van der Waals surface area contributed by atoms with Crippen molar-refractivity contribution in [3.8, 4) is 77.9 Å². The lowest BCUT2D eigenvalue weighted by molar-refractivity contribution is 0.669. The van der Waals surface area contributed by atoms with Crippen LogP contribution >= 0.6 is 0 Å². The fourth-order valence-electron chi connectivity index (χ4n) is 17.3. The molecule has 482 valence electrons. The molecule has 0 N–H and O–H groups in total. The van der Waals surface area contributed by atoms with Crippen LogP contribution in [0.2, 0.25) is 0 Å². The van der Waals surface area contributed by atoms with Gasteiger partial charge in [0.05, 0.1) is 0 Å². The van der Waals surface area contributed by atoms with Crippen LogP contribution in [0.25, 0.3) is 219 Å². The van der Waals surface area contributed by atoms with Gasteiger partial charge in [-0.2, -0.15) is 0 Å². The summed E-state index contributed by atoms with van der Waals surface area (Å²) >= 11 is 0. The third-order valence-electron chi connectivity index (χ3n) is 21.9. The molecule has 2 nitrogen and oxygen atoms in total. The van der Waals surface area contributed by atoms with Gasteiger partial charge in [-0.05, 0) is 218 Å². The Morgan fingerprint density at radius 2 is 0.529 bits per heavy atom. The number of hydrogen-bond donors (Lipinski definition) is 0. The Morgan fingerprint density at radius 1 is 0.144 bits per heavy atom. The highest BCUT2D eigenvalue weighted by atomic mass is 16.3. The van der Waals surface area contributed by atoms with Crippen molar-refractivity contribution in [3.63, 3.8) is 0 Å². The number of furan rings is 2. The molecule has 0 amide bonds. The average molecular weight is 1320 g/mol. The molecule has 104 heavy (non-hydrogen) atoms. The monoisotopic (exact) mass is 1320 g/mol. The summed E-state index contributed by atoms with van der Waals surface area (Å²) in [7, 11) is 0. The number of para-hydroxylation sites is 2. The first-order chi connectivity index (χ1) is 51.6. The number of fused-ring (bicyclic) bond motifs is 16. The normalized spacial score (nSPS) is 11.8. The average Bonchev–Trinajstić information content (AvgIpc) is 1.27. The van der Waals surface area contributed by atoms with Gasteiger partial charge in [-0.1, -0.05) is 328 Å². The van der Waals surface area contributed by atoms with E-state index in [1.807, 2.05) is 0 Å². The van der Waals surface area contributed by atoms with Crippen molar-refractivity contribution < 1.29 is 8.83 Å². The Bertz CT molecular complexity index is 7170. The topological polar surface area (TPSA) is 26.3 Å². The zero-order valence-electron chi connectivity index (χ0n) is 56.6. The van der Waals surface area contributed by atoms with E-state index in [2.05, 4.69) is 376 Å². The molecule has 0 aliphatic rings. The van der Waals surface area contributed by atoms with Crippen LogP contribution in [0.15, 0.2) is 385 Å². The summed E-state index contributed by atoms with van der Waals surface area (Å²) in [6.07, 6.45) is 0. The Balaban J connectivity index is 0.000000134. The van der Waals surface area contributed by atoms with E-state index < -0.39 is 0 Å². The minimum atomic E-state index is 0.893. The molecule has 0 fully saturated rings. The Hall–Kier alpha value is -13.7. The Labute approximate surface area is 599 Å². The van der Waals surface area contributed by atoms with Gasteiger partial charge >= 0.3 is 0 Å². The molecule has 2 heterocycles. The molecule has 22 aromatic rings. The van der Waals surface area contributed by atoms with E-state index in [-0.39, 0.29) is 0 Å². The molecule has 2 heteroatoms. The molecule has 22 rings (SSSR count). The second-order valence-electron chi connectivity index (χ2n) is 27.5. The van der Waals surface area contributed by atoms with Crippen molar-refractivity contribution in [1.82, 2.24) is 0 Å². The summed E-state index contributed by atoms with van der Waals surface area (Å²) in [5.41, 5.74) is 20.5. The van der Waals surface area contributed by atoms with Crippen molar-refractivity contribution in [3.05, 3.63) is 376 Å². The first-order valence-corrected chi connectivity index (χ1v) is 35.9. The molecule has 0 saturated heterocycles. The molecule has 0 radical (unpaired) electrons. The summed E-state index contributed by atoms with van der Waals surface area (Å²) in [6.45, 7) is 0. The van der Waals surface area contributed by atoms with Crippen molar-refractivity contribution in [1.29, 1.82) is 0 Å². The van der Waals surface area contributed by atoms with Crippen LogP contribution in [-0.2, 0) is 0 Å². The standard InChI is InChI=1S/C52H32O.C50H30O/c1-2-13-33(14-3-1)35-25-26-37-30-38(28-27-36(37)29-35)39-31-47(52-46-22-10-11-24-48(46)53-49(52)32-39)51-44-20-8-6-18-42(44)50(43-19-7-9-21-45(43)51)41-23-12-16-34-15-4-5-17-40(34)41;1-3-17-33-31(14-1)16-13-26-37(33)47-38-21-7-9-23-40(38)48(41-24-10-8-22-39(41)47)44-29-28-42(50-49(44)43-25-11-12-27-46(43)51-50)45-30-32-15-2-4-18-34(32)35-19-5-6-20-36(35)45/h1-32H;1-30H. The second-order valence-corrected chi connectivity index (χ2v) is 27.5. The first-order valence-electron chi connectivity index (χ1n) is 35.9. The zero-order valence-corrected chi connectivity index (χ0v) is 56.6. The molecule has 0 aliphatic heterocycles. The van der Waals surface area contributed by atoms with Crippen LogP contribution in [0, 0.1) is 0 Å². The van der Waals surface area contributed by atoms with Gasteiger partial charge in [-0.15, -0.1) is 0 Å². The molecular weight excluding hydrogens is 1260 g/mol. The highest BCUT2D eigenvalue weighted by molar-refractivity contribution is 6.30. The first kappa shape index (κ1) is 59.2. The van der Waals surface area contributed by atoms with Crippen molar-refractivity contribution in [2.75, 3.05) is 0 Å². The number of rotatable bonds is 7. The molecule has 0 unspecified atom stereocenters. The van der Waals surface area contributed by atoms with Crippen LogP contribution in [0.1, 0.15) is 0 Å². The summed E-state index contributed by atoms with van der Waals surface area (Å²) in [6, 6.07) is 137. The molecule has 0 aliphatic carbocycles. The predicted molar refractivity (Wildman–Crippen MR) is 443 cm³/mol. The number of benzene rings is 20. The maximum Gasteiger partial charge on any atom is 0.143 e. The van der Waals surface area contributed by atoms with Crippen molar-refractivity contribution in [2.45, 2.75) is 0 Å². The molecule has 2 aromatic heterocycles. The lowest BCUT2D eigenvalue weighted by atomic mass is 9.83. The molecule has 0 saturated carbocycles. The van der Waals surface area contributed by atoms with Crippen LogP contribution in [0.3, 0.4) is 0 Å². The molecule has 0 spiro atoms. The van der Waals surface area contributed by atoms with Gasteiger partial charge in [0.25, 0.3) is 0 Å². The SMILES string of the molecule is c1ccc(-c2ccc3cc(-c4cc(-c5c6ccccc6c(-c6cccc7ccccc67)c6ccccc56)c5c(c4)oc4ccccc45)ccc3c2)cc1.c1ccc2c(-c3c4ccccc4c(-c4ccc(-c5cc6ccccc6c6ccccc56)c5oc6ccccc6c45)c4ccccc34)cccc2c1. The van der Waals surface area contributed by atoms with E-state index in [1.54, 1.807) is 0 Å². The summed E-state index contributed by atoms with van der Waals surface area (Å²) in [4.78, 5) is 0. The lowest BCUT2D eigenvalue weighted by Gasteiger charge is -2.20. The van der Waals surface area contributed by atoms with E-state index in [1.165, 1.54) is 158 Å². The Morgan fingerprint density at radius 3 is 1.07 bits per heavy atom. The molecule has 0 bridgehead atoms. The van der Waals surface area contributed by atoms with Gasteiger partial charge in [0, 0.05) is 27.1 Å². The van der Waals surface area contributed by atoms with E-state index in [4.69, 9.17) is 8.83 Å². The second kappa shape index (κ2) is 24.0. The molecule has 0 atom stereocenters. The van der Waals surface area contributed by atoms with E-state index in [9.17, 15) is 0 Å². The third-order valence-corrected chi connectivity index (χ3v) is 21.9. The highest BCUT2D eigenvalue weighted by Crippen LogP contribution is 2.53. The summed E-state index contributed by atoms with van der Waals surface area (Å²) in [5, 5.41) is 26.8. The molecule has 20 aromatic carbocycles. The van der Waals surface area contributed by atoms with Crippen LogP contribution in [0.5, 0.6) is 0 Å². The largest absolute Gasteiger partial charge is 0.456 e. The Kier molecular flexibility index (Phi) is 13.7. The maximum absolute atomic E-state index is 6.93. The zero-order chi connectivity index (χ0) is 68.3. The van der Waals surface area contributed by atoms with E-state index >= 15 is 0 Å².